The fraction of sp³-hybridized carbons (Fsp3) is 0.143. The zero-order valence-electron chi connectivity index (χ0n) is 15.7. The minimum Gasteiger partial charge on any atom is -0.506 e. The van der Waals surface area contributed by atoms with E-state index in [4.69, 9.17) is 4.74 Å². The highest BCUT2D eigenvalue weighted by Crippen LogP contribution is 2.41. The molecule has 4 rings (SSSR count). The molecule has 1 saturated heterocycles. The predicted octanol–water partition coefficient (Wildman–Crippen LogP) is 4.98. The molecule has 0 radical (unpaired) electrons. The first kappa shape index (κ1) is 19.6. The zero-order valence-corrected chi connectivity index (χ0v) is 15.7. The Morgan fingerprint density at radius 3 is 2.43 bits per heavy atom. The van der Waals surface area contributed by atoms with E-state index in [9.17, 15) is 23.1 Å². The third kappa shape index (κ3) is 3.49. The van der Waals surface area contributed by atoms with Crippen LogP contribution in [0.5, 0.6) is 5.75 Å². The van der Waals surface area contributed by atoms with Crippen molar-refractivity contribution in [2.75, 3.05) is 12.1 Å². The van der Waals surface area contributed by atoms with Crippen LogP contribution in [-0.2, 0) is 10.9 Å². The second-order valence-corrected chi connectivity index (χ2v) is 6.64. The molecule has 0 spiro atoms. The Morgan fingerprint density at radius 1 is 1.07 bits per heavy atom. The maximum atomic E-state index is 12.9. The van der Waals surface area contributed by atoms with Crippen molar-refractivity contribution in [1.29, 1.82) is 0 Å². The highest BCUT2D eigenvalue weighted by atomic mass is 19.4. The number of halogens is 3. The van der Waals surface area contributed by atoms with Crippen LogP contribution in [0, 0.1) is 0 Å². The van der Waals surface area contributed by atoms with Crippen molar-refractivity contribution in [1.82, 2.24) is 9.99 Å². The molecular formula is C21H16F3N3O3. The van der Waals surface area contributed by atoms with Crippen molar-refractivity contribution < 1.29 is 27.8 Å². The summed E-state index contributed by atoms with van der Waals surface area (Å²) >= 11 is 0. The zero-order chi connectivity index (χ0) is 21.5. The van der Waals surface area contributed by atoms with Crippen molar-refractivity contribution in [3.63, 3.8) is 0 Å². The van der Waals surface area contributed by atoms with Gasteiger partial charge in [-0.2, -0.15) is 13.2 Å². The number of phenols is 1. The Hall–Kier alpha value is -3.75. The van der Waals surface area contributed by atoms with Crippen molar-refractivity contribution >= 4 is 11.8 Å². The molecule has 1 fully saturated rings. The lowest BCUT2D eigenvalue weighted by Gasteiger charge is -2.29. The monoisotopic (exact) mass is 415 g/mol. The first-order valence-electron chi connectivity index (χ1n) is 8.91. The molecule has 1 aliphatic rings. The molecule has 1 atom stereocenters. The van der Waals surface area contributed by atoms with Crippen molar-refractivity contribution in [3.05, 3.63) is 78.0 Å². The Labute approximate surface area is 169 Å². The van der Waals surface area contributed by atoms with Gasteiger partial charge in [0.2, 0.25) is 6.23 Å². The molecule has 6 nitrogen and oxygen atoms in total. The molecule has 3 aromatic rings. The molecule has 2 aromatic carbocycles. The summed E-state index contributed by atoms with van der Waals surface area (Å²) in [5, 5.41) is 13.0. The number of ether oxygens (including phenoxy) is 1. The molecule has 0 aliphatic carbocycles. The van der Waals surface area contributed by atoms with Gasteiger partial charge in [-0.25, -0.2) is 14.8 Å². The first-order valence-corrected chi connectivity index (χ1v) is 8.91. The summed E-state index contributed by atoms with van der Waals surface area (Å²) in [6.07, 6.45) is -4.60. The number of hydrazine groups is 1. The van der Waals surface area contributed by atoms with Crippen LogP contribution >= 0.6 is 0 Å². The number of alkyl halides is 3. The Balaban J connectivity index is 1.75. The van der Waals surface area contributed by atoms with Crippen LogP contribution in [0.4, 0.5) is 23.7 Å². The van der Waals surface area contributed by atoms with Crippen LogP contribution in [0.2, 0.25) is 0 Å². The van der Waals surface area contributed by atoms with Gasteiger partial charge in [0.15, 0.2) is 0 Å². The van der Waals surface area contributed by atoms with Crippen molar-refractivity contribution in [2.45, 2.75) is 12.4 Å². The van der Waals surface area contributed by atoms with E-state index in [1.807, 2.05) is 6.07 Å². The van der Waals surface area contributed by atoms with Crippen LogP contribution in [0.1, 0.15) is 17.4 Å². The van der Waals surface area contributed by atoms with Crippen LogP contribution in [0.15, 0.2) is 66.9 Å². The Bertz CT molecular complexity index is 1070. The van der Waals surface area contributed by atoms with Gasteiger partial charge in [-0.15, -0.1) is 0 Å². The van der Waals surface area contributed by atoms with E-state index in [-0.39, 0.29) is 11.4 Å². The number of cyclic esters (lactones) is 1. The van der Waals surface area contributed by atoms with E-state index in [1.54, 1.807) is 30.5 Å². The number of carbonyl (C=O) groups excluding carboxylic acids is 1. The molecule has 1 amide bonds. The number of benzene rings is 2. The van der Waals surface area contributed by atoms with Gasteiger partial charge in [-0.3, -0.25) is 4.98 Å². The summed E-state index contributed by atoms with van der Waals surface area (Å²) < 4.78 is 44.0. The van der Waals surface area contributed by atoms with Gasteiger partial charge in [0, 0.05) is 24.4 Å². The highest BCUT2D eigenvalue weighted by Gasteiger charge is 2.40. The fourth-order valence-corrected chi connectivity index (χ4v) is 3.20. The number of anilines is 1. The molecule has 1 N–H and O–H groups in total. The standard InChI is InChI=1S/C21H16F3N3O3/c1-26-20(29)30-19(13-5-8-15(9-6-13)21(22,23)24)27(26)17-12-14(7-10-18(17)28)16-4-2-3-11-25-16/h2-12,19,28H,1H3. The van der Waals surface area contributed by atoms with E-state index in [0.717, 1.165) is 17.1 Å². The first-order chi connectivity index (χ1) is 14.3. The third-order valence-electron chi connectivity index (χ3n) is 4.73. The number of hydrogen-bond acceptors (Lipinski definition) is 5. The van der Waals surface area contributed by atoms with E-state index < -0.39 is 24.1 Å². The van der Waals surface area contributed by atoms with E-state index in [2.05, 4.69) is 4.98 Å². The summed E-state index contributed by atoms with van der Waals surface area (Å²) in [4.78, 5) is 16.5. The van der Waals surface area contributed by atoms with Crippen LogP contribution < -0.4 is 5.01 Å². The molecule has 30 heavy (non-hydrogen) atoms. The van der Waals surface area contributed by atoms with Gasteiger partial charge in [-0.05, 0) is 42.5 Å². The quantitative estimate of drug-likeness (QED) is 0.654. The van der Waals surface area contributed by atoms with Crippen LogP contribution in [0.25, 0.3) is 11.3 Å². The lowest BCUT2D eigenvalue weighted by molar-refractivity contribution is -0.137. The van der Waals surface area contributed by atoms with Gasteiger partial charge in [-0.1, -0.05) is 18.2 Å². The number of aromatic nitrogens is 1. The molecule has 0 saturated carbocycles. The van der Waals surface area contributed by atoms with Gasteiger partial charge in [0.1, 0.15) is 11.4 Å². The summed E-state index contributed by atoms with van der Waals surface area (Å²) in [6, 6.07) is 14.5. The molecule has 1 unspecified atom stereocenters. The predicted molar refractivity (Wildman–Crippen MR) is 102 cm³/mol. The normalized spacial score (nSPS) is 16.7. The lowest BCUT2D eigenvalue weighted by atomic mass is 10.1. The maximum Gasteiger partial charge on any atom is 0.430 e. The highest BCUT2D eigenvalue weighted by molar-refractivity contribution is 5.78. The van der Waals surface area contributed by atoms with Crippen molar-refractivity contribution in [2.24, 2.45) is 0 Å². The molecule has 0 bridgehead atoms. The summed E-state index contributed by atoms with van der Waals surface area (Å²) in [5.41, 5.74) is 1.09. The number of hydrogen-bond donors (Lipinski definition) is 1. The number of rotatable bonds is 3. The maximum absolute atomic E-state index is 12.9. The van der Waals surface area contributed by atoms with E-state index in [0.29, 0.717) is 16.8 Å². The number of amides is 1. The molecular weight excluding hydrogens is 399 g/mol. The summed E-state index contributed by atoms with van der Waals surface area (Å²) in [5.74, 6) is -0.128. The van der Waals surface area contributed by atoms with E-state index >= 15 is 0 Å². The fourth-order valence-electron chi connectivity index (χ4n) is 3.20. The number of nitrogens with zero attached hydrogens (tertiary/aromatic N) is 3. The van der Waals surface area contributed by atoms with Gasteiger partial charge in [0.05, 0.1) is 11.3 Å². The second kappa shape index (κ2) is 7.25. The van der Waals surface area contributed by atoms with Crippen LogP contribution in [-0.4, -0.2) is 28.2 Å². The third-order valence-corrected chi connectivity index (χ3v) is 4.73. The molecule has 2 heterocycles. The van der Waals surface area contributed by atoms with Gasteiger partial charge < -0.3 is 9.84 Å². The summed E-state index contributed by atoms with van der Waals surface area (Å²) in [7, 11) is 1.44. The Kier molecular flexibility index (Phi) is 4.73. The average Bonchev–Trinajstić information content (AvgIpc) is 3.03. The molecule has 9 heteroatoms. The number of pyridine rings is 1. The lowest BCUT2D eigenvalue weighted by Crippen LogP contribution is -2.36. The number of carbonyl (C=O) groups is 1. The largest absolute Gasteiger partial charge is 0.506 e. The molecule has 154 valence electrons. The number of aromatic hydroxyl groups is 1. The second-order valence-electron chi connectivity index (χ2n) is 6.64. The van der Waals surface area contributed by atoms with Gasteiger partial charge in [0.25, 0.3) is 0 Å². The van der Waals surface area contributed by atoms with Gasteiger partial charge >= 0.3 is 12.3 Å². The summed E-state index contributed by atoms with van der Waals surface area (Å²) in [6.45, 7) is 0. The minimum absolute atomic E-state index is 0.128. The number of phenolic OH excluding ortho intramolecular Hbond substituents is 1. The van der Waals surface area contributed by atoms with Crippen LogP contribution in [0.3, 0.4) is 0 Å². The van der Waals surface area contributed by atoms with Crippen molar-refractivity contribution in [3.8, 4) is 17.0 Å². The SMILES string of the molecule is CN1C(=O)OC(c2ccc(C(F)(F)F)cc2)N1c1cc(-c2ccccn2)ccc1O. The molecule has 1 aromatic heterocycles. The molecule has 1 aliphatic heterocycles. The van der Waals surface area contributed by atoms with E-state index in [1.165, 1.54) is 30.3 Å². The minimum atomic E-state index is -4.48. The average molecular weight is 415 g/mol. The smallest absolute Gasteiger partial charge is 0.430 e. The topological polar surface area (TPSA) is 65.9 Å². The Morgan fingerprint density at radius 2 is 1.80 bits per heavy atom.